The lowest BCUT2D eigenvalue weighted by Gasteiger charge is -2.13. The molecular weight excluding hydrogens is 428 g/mol. The van der Waals surface area contributed by atoms with E-state index >= 15 is 0 Å². The third-order valence-corrected chi connectivity index (χ3v) is 4.46. The fourth-order valence-corrected chi connectivity index (χ4v) is 2.77. The highest BCUT2D eigenvalue weighted by atomic mass is 79.9. The monoisotopic (exact) mass is 442 g/mol. The van der Waals surface area contributed by atoms with Crippen LogP contribution in [0, 0.1) is 0 Å². The second-order valence-electron chi connectivity index (χ2n) is 5.36. The number of amides is 1. The number of nitrogens with zero attached hydrogens (tertiary/aromatic N) is 2. The first-order chi connectivity index (χ1) is 13.1. The average Bonchev–Trinajstić information content (AvgIpc) is 2.69. The van der Waals surface area contributed by atoms with Crippen molar-refractivity contribution < 1.29 is 9.53 Å². The van der Waals surface area contributed by atoms with Crippen molar-refractivity contribution in [3.63, 3.8) is 0 Å². The molecular formula is C19H15BrN4O2S. The molecule has 0 bridgehead atoms. The van der Waals surface area contributed by atoms with E-state index in [1.54, 1.807) is 24.3 Å². The third kappa shape index (κ3) is 5.32. The van der Waals surface area contributed by atoms with Gasteiger partial charge < -0.3 is 10.1 Å². The number of halogens is 1. The number of thiocarbonyl (C=S) groups is 1. The summed E-state index contributed by atoms with van der Waals surface area (Å²) in [5.74, 6) is 0.292. The fourth-order valence-electron chi connectivity index (χ4n) is 2.18. The number of carbonyl (C=O) groups excluding carboxylic acids is 1. The molecule has 0 aliphatic heterocycles. The Labute approximate surface area is 170 Å². The van der Waals surface area contributed by atoms with E-state index in [1.807, 2.05) is 30.3 Å². The SMILES string of the molecule is O=C(NC(=S)Nc1nccnc1OCc1ccccc1Br)c1ccccc1. The van der Waals surface area contributed by atoms with Gasteiger partial charge >= 0.3 is 0 Å². The number of anilines is 1. The molecule has 3 rings (SSSR count). The second kappa shape index (κ2) is 9.20. The van der Waals surface area contributed by atoms with Crippen LogP contribution in [0.5, 0.6) is 5.88 Å². The molecule has 6 nitrogen and oxygen atoms in total. The van der Waals surface area contributed by atoms with Gasteiger partial charge in [-0.25, -0.2) is 9.97 Å². The van der Waals surface area contributed by atoms with Gasteiger partial charge in [0.15, 0.2) is 10.9 Å². The predicted octanol–water partition coefficient (Wildman–Crippen LogP) is 3.94. The third-order valence-electron chi connectivity index (χ3n) is 3.48. The number of carbonyl (C=O) groups is 1. The van der Waals surface area contributed by atoms with Gasteiger partial charge in [0.05, 0.1) is 0 Å². The van der Waals surface area contributed by atoms with Crippen LogP contribution in [0.25, 0.3) is 0 Å². The Bertz CT molecular complexity index is 953. The van der Waals surface area contributed by atoms with Gasteiger partial charge in [-0.3, -0.25) is 10.1 Å². The lowest BCUT2D eigenvalue weighted by Crippen LogP contribution is -2.34. The molecule has 0 saturated carbocycles. The van der Waals surface area contributed by atoms with Gasteiger partial charge in [0.2, 0.25) is 0 Å². The van der Waals surface area contributed by atoms with Crippen LogP contribution < -0.4 is 15.4 Å². The summed E-state index contributed by atoms with van der Waals surface area (Å²) in [6, 6.07) is 16.5. The zero-order chi connectivity index (χ0) is 19.1. The lowest BCUT2D eigenvalue weighted by molar-refractivity contribution is 0.0977. The minimum atomic E-state index is -0.312. The highest BCUT2D eigenvalue weighted by molar-refractivity contribution is 9.10. The van der Waals surface area contributed by atoms with E-state index in [0.717, 1.165) is 10.0 Å². The quantitative estimate of drug-likeness (QED) is 0.582. The van der Waals surface area contributed by atoms with Crippen LogP contribution in [-0.2, 0) is 6.61 Å². The van der Waals surface area contributed by atoms with Gasteiger partial charge in [-0.15, -0.1) is 0 Å². The van der Waals surface area contributed by atoms with Crippen LogP contribution in [0.2, 0.25) is 0 Å². The van der Waals surface area contributed by atoms with Gasteiger partial charge in [-0.1, -0.05) is 52.3 Å². The molecule has 2 aromatic carbocycles. The Kier molecular flexibility index (Phi) is 6.45. The van der Waals surface area contributed by atoms with Gasteiger partial charge in [-0.05, 0) is 30.4 Å². The highest BCUT2D eigenvalue weighted by Gasteiger charge is 2.12. The summed E-state index contributed by atoms with van der Waals surface area (Å²) in [6.07, 6.45) is 3.03. The number of hydrogen-bond donors (Lipinski definition) is 2. The van der Waals surface area contributed by atoms with E-state index in [1.165, 1.54) is 12.4 Å². The van der Waals surface area contributed by atoms with Crippen molar-refractivity contribution >= 4 is 45.0 Å². The summed E-state index contributed by atoms with van der Waals surface area (Å²) in [7, 11) is 0. The molecule has 0 aliphatic carbocycles. The summed E-state index contributed by atoms with van der Waals surface area (Å²) >= 11 is 8.67. The van der Waals surface area contributed by atoms with Crippen molar-refractivity contribution in [1.29, 1.82) is 0 Å². The fraction of sp³-hybridized carbons (Fsp3) is 0.0526. The maximum absolute atomic E-state index is 12.2. The summed E-state index contributed by atoms with van der Waals surface area (Å²) in [5, 5.41) is 5.56. The molecule has 0 fully saturated rings. The largest absolute Gasteiger partial charge is 0.470 e. The molecule has 1 amide bonds. The molecule has 136 valence electrons. The number of benzene rings is 2. The van der Waals surface area contributed by atoms with Crippen LogP contribution in [0.3, 0.4) is 0 Å². The van der Waals surface area contributed by atoms with E-state index in [2.05, 4.69) is 36.5 Å². The Morgan fingerprint density at radius 3 is 2.52 bits per heavy atom. The molecule has 1 aromatic heterocycles. The van der Waals surface area contributed by atoms with Crippen LogP contribution >= 0.6 is 28.1 Å². The lowest BCUT2D eigenvalue weighted by atomic mass is 10.2. The van der Waals surface area contributed by atoms with E-state index in [9.17, 15) is 4.79 Å². The molecule has 0 saturated heterocycles. The molecule has 3 aromatic rings. The maximum atomic E-state index is 12.2. The van der Waals surface area contributed by atoms with Gasteiger partial charge in [0.1, 0.15) is 6.61 Å². The molecule has 0 aliphatic rings. The number of ether oxygens (including phenoxy) is 1. The van der Waals surface area contributed by atoms with Crippen molar-refractivity contribution in [2.24, 2.45) is 0 Å². The highest BCUT2D eigenvalue weighted by Crippen LogP contribution is 2.21. The molecule has 0 radical (unpaired) electrons. The maximum Gasteiger partial charge on any atom is 0.258 e. The molecule has 27 heavy (non-hydrogen) atoms. The van der Waals surface area contributed by atoms with Crippen LogP contribution in [-0.4, -0.2) is 21.0 Å². The molecule has 8 heteroatoms. The van der Waals surface area contributed by atoms with Crippen molar-refractivity contribution in [2.75, 3.05) is 5.32 Å². The normalized spacial score (nSPS) is 10.1. The van der Waals surface area contributed by atoms with Crippen molar-refractivity contribution in [3.8, 4) is 5.88 Å². The van der Waals surface area contributed by atoms with Crippen LogP contribution in [0.4, 0.5) is 5.82 Å². The molecule has 2 N–H and O–H groups in total. The zero-order valence-electron chi connectivity index (χ0n) is 14.1. The minimum Gasteiger partial charge on any atom is -0.470 e. The van der Waals surface area contributed by atoms with Gasteiger partial charge in [0.25, 0.3) is 11.8 Å². The van der Waals surface area contributed by atoms with Gasteiger partial charge in [-0.2, -0.15) is 0 Å². The number of rotatable bonds is 5. The number of aromatic nitrogens is 2. The molecule has 1 heterocycles. The first-order valence-corrected chi connectivity index (χ1v) is 9.18. The summed E-state index contributed by atoms with van der Waals surface area (Å²) in [6.45, 7) is 0.304. The van der Waals surface area contributed by atoms with E-state index in [-0.39, 0.29) is 16.9 Å². The first-order valence-electron chi connectivity index (χ1n) is 7.98. The van der Waals surface area contributed by atoms with Gasteiger partial charge in [0, 0.05) is 28.0 Å². The van der Waals surface area contributed by atoms with Crippen molar-refractivity contribution in [1.82, 2.24) is 15.3 Å². The van der Waals surface area contributed by atoms with E-state index < -0.39 is 0 Å². The summed E-state index contributed by atoms with van der Waals surface area (Å²) in [4.78, 5) is 20.5. The average molecular weight is 443 g/mol. The summed E-state index contributed by atoms with van der Waals surface area (Å²) < 4.78 is 6.70. The minimum absolute atomic E-state index is 0.107. The van der Waals surface area contributed by atoms with Crippen molar-refractivity contribution in [3.05, 3.63) is 82.6 Å². The van der Waals surface area contributed by atoms with Crippen LogP contribution in [0.1, 0.15) is 15.9 Å². The van der Waals surface area contributed by atoms with E-state index in [4.69, 9.17) is 17.0 Å². The Hall–Kier alpha value is -2.84. The molecule has 0 spiro atoms. The van der Waals surface area contributed by atoms with E-state index in [0.29, 0.717) is 18.0 Å². The molecule has 0 atom stereocenters. The predicted molar refractivity (Wildman–Crippen MR) is 111 cm³/mol. The Morgan fingerprint density at radius 1 is 1.04 bits per heavy atom. The summed E-state index contributed by atoms with van der Waals surface area (Å²) in [5.41, 5.74) is 1.47. The standard InChI is InChI=1S/C19H15BrN4O2S/c20-15-9-5-4-8-14(15)12-26-18-16(21-10-11-22-18)23-19(27)24-17(25)13-6-2-1-3-7-13/h1-11H,12H2,(H2,21,23,24,25,27). The van der Waals surface area contributed by atoms with Crippen molar-refractivity contribution in [2.45, 2.75) is 6.61 Å². The molecule has 0 unspecified atom stereocenters. The Balaban J connectivity index is 1.64. The Morgan fingerprint density at radius 2 is 1.74 bits per heavy atom. The van der Waals surface area contributed by atoms with Crippen LogP contribution in [0.15, 0.2) is 71.5 Å². The number of nitrogens with one attached hydrogen (secondary N) is 2. The zero-order valence-corrected chi connectivity index (χ0v) is 16.5. The second-order valence-corrected chi connectivity index (χ2v) is 6.63. The topological polar surface area (TPSA) is 76.1 Å². The smallest absolute Gasteiger partial charge is 0.258 e. The number of hydrogen-bond acceptors (Lipinski definition) is 5. The first kappa shape index (κ1) is 18.9.